The van der Waals surface area contributed by atoms with Gasteiger partial charge in [0.25, 0.3) is 0 Å². The minimum Gasteiger partial charge on any atom is -0.394 e. The lowest BCUT2D eigenvalue weighted by molar-refractivity contribution is -0.416. The topological polar surface area (TPSA) is 357 Å². The number of rotatable bonds is 11. The molecule has 0 saturated carbocycles. The summed E-state index contributed by atoms with van der Waals surface area (Å²) < 4.78 is 37.8. The van der Waals surface area contributed by atoms with Crippen molar-refractivity contribution >= 4 is 0 Å². The van der Waals surface area contributed by atoms with E-state index in [9.17, 15) is 71.6 Å². The lowest BCUT2D eigenvalue weighted by Gasteiger charge is -2.49. The van der Waals surface area contributed by atoms with Crippen LogP contribution in [-0.4, -0.2) is 221 Å². The molecular formula is C24H42O22. The smallest absolute Gasteiger partial charge is 0.187 e. The molecule has 4 rings (SSSR count). The molecule has 0 aromatic heterocycles. The molecule has 0 spiro atoms. The van der Waals surface area contributed by atoms with Crippen LogP contribution in [0, 0.1) is 0 Å². The fourth-order valence-electron chi connectivity index (χ4n) is 5.65. The van der Waals surface area contributed by atoms with Crippen LogP contribution in [0.3, 0.4) is 0 Å². The molecule has 0 unspecified atom stereocenters. The predicted octanol–water partition coefficient (Wildman–Crippen LogP) is -9.25. The normalized spacial score (nSPS) is 52.0. The van der Waals surface area contributed by atoms with E-state index in [-0.39, 0.29) is 0 Å². The van der Waals surface area contributed by atoms with Crippen LogP contribution in [0.2, 0.25) is 0 Å². The van der Waals surface area contributed by atoms with Gasteiger partial charge in [0.2, 0.25) is 0 Å². The maximum Gasteiger partial charge on any atom is 0.187 e. The van der Waals surface area contributed by atoms with Gasteiger partial charge >= 0.3 is 0 Å². The second-order valence-electron chi connectivity index (χ2n) is 11.2. The standard InChI is InChI=1S/C24H42O22/c25-1-5-9(29)10(30)14(34)22(40-5)45-19-8(4-28)42-24(16(36)20(19)46-38)44-18-7(3-27)41-23(15(35)12(18)32)43-17-6(2-26)39-21(37)13(33)11(17)31/h5-38H,1-4H2/t5-,6-,7-,8-,9-,10+,11-,12-,13-,14-,15-,16-,17-,18-,19-,20-,21+,22-,23-,24-/m1/s1. The van der Waals surface area contributed by atoms with Gasteiger partial charge in [0, 0.05) is 0 Å². The molecule has 20 atom stereocenters. The van der Waals surface area contributed by atoms with Crippen LogP contribution >= 0.6 is 0 Å². The molecule has 4 heterocycles. The van der Waals surface area contributed by atoms with Gasteiger partial charge in [0.05, 0.1) is 26.4 Å². The second kappa shape index (κ2) is 16.2. The molecule has 0 amide bonds. The Kier molecular flexibility index (Phi) is 13.4. The zero-order chi connectivity index (χ0) is 34.0. The Bertz CT molecular complexity index is 928. The van der Waals surface area contributed by atoms with Crippen molar-refractivity contribution < 1.29 is 110 Å². The van der Waals surface area contributed by atoms with E-state index in [4.69, 9.17) is 33.2 Å². The van der Waals surface area contributed by atoms with Crippen LogP contribution in [0.5, 0.6) is 0 Å². The van der Waals surface area contributed by atoms with Gasteiger partial charge in [0.15, 0.2) is 31.3 Å². The van der Waals surface area contributed by atoms with Crippen molar-refractivity contribution in [1.82, 2.24) is 0 Å². The second-order valence-corrected chi connectivity index (χ2v) is 11.2. The molecule has 270 valence electrons. The largest absolute Gasteiger partial charge is 0.394 e. The van der Waals surface area contributed by atoms with Crippen LogP contribution in [0.15, 0.2) is 0 Å². The van der Waals surface area contributed by atoms with Crippen LogP contribution in [-0.2, 0) is 38.0 Å². The van der Waals surface area contributed by atoms with Gasteiger partial charge in [-0.05, 0) is 0 Å². The van der Waals surface area contributed by atoms with Gasteiger partial charge in [0.1, 0.15) is 91.6 Å². The molecule has 46 heavy (non-hydrogen) atoms. The summed E-state index contributed by atoms with van der Waals surface area (Å²) in [4.78, 5) is 4.34. The zero-order valence-corrected chi connectivity index (χ0v) is 23.9. The summed E-state index contributed by atoms with van der Waals surface area (Å²) in [5.74, 6) is 0. The van der Waals surface area contributed by atoms with Crippen LogP contribution in [0.4, 0.5) is 0 Å². The highest BCUT2D eigenvalue weighted by atomic mass is 17.1. The molecule has 4 fully saturated rings. The lowest BCUT2D eigenvalue weighted by atomic mass is 9.95. The summed E-state index contributed by atoms with van der Waals surface area (Å²) in [6, 6.07) is 0. The van der Waals surface area contributed by atoms with Crippen molar-refractivity contribution in [2.45, 2.75) is 123 Å². The number of ether oxygens (including phenoxy) is 7. The molecule has 22 heteroatoms. The predicted molar refractivity (Wildman–Crippen MR) is 135 cm³/mol. The molecule has 22 nitrogen and oxygen atoms in total. The molecule has 4 aliphatic heterocycles. The Morgan fingerprint density at radius 1 is 0.370 bits per heavy atom. The van der Waals surface area contributed by atoms with Gasteiger partial charge in [-0.2, -0.15) is 0 Å². The fourth-order valence-corrected chi connectivity index (χ4v) is 5.65. The quantitative estimate of drug-likeness (QED) is 0.0710. The van der Waals surface area contributed by atoms with Crippen molar-refractivity contribution in [2.24, 2.45) is 0 Å². The highest BCUT2D eigenvalue weighted by Gasteiger charge is 2.55. The van der Waals surface area contributed by atoms with Crippen molar-refractivity contribution in [3.05, 3.63) is 0 Å². The lowest BCUT2D eigenvalue weighted by Crippen LogP contribution is -2.67. The van der Waals surface area contributed by atoms with E-state index in [2.05, 4.69) is 4.89 Å². The van der Waals surface area contributed by atoms with E-state index in [0.717, 1.165) is 0 Å². The summed E-state index contributed by atoms with van der Waals surface area (Å²) in [6.45, 7) is -3.45. The van der Waals surface area contributed by atoms with Crippen LogP contribution in [0.25, 0.3) is 0 Å². The summed E-state index contributed by atoms with van der Waals surface area (Å²) in [5, 5.41) is 141. The van der Waals surface area contributed by atoms with Gasteiger partial charge < -0.3 is 99.5 Å². The van der Waals surface area contributed by atoms with E-state index >= 15 is 0 Å². The maximum absolute atomic E-state index is 10.9. The number of aliphatic hydroxyl groups is 13. The van der Waals surface area contributed by atoms with Gasteiger partial charge in [-0.15, -0.1) is 0 Å². The Balaban J connectivity index is 1.46. The maximum atomic E-state index is 10.9. The minimum absolute atomic E-state index is 0.800. The molecule has 14 N–H and O–H groups in total. The van der Waals surface area contributed by atoms with Gasteiger partial charge in [-0.1, -0.05) is 0 Å². The summed E-state index contributed by atoms with van der Waals surface area (Å²) in [6.07, 6.45) is -35.5. The van der Waals surface area contributed by atoms with Gasteiger partial charge in [-0.3, -0.25) is 5.26 Å². The van der Waals surface area contributed by atoms with E-state index in [0.29, 0.717) is 0 Å². The van der Waals surface area contributed by atoms with E-state index in [1.807, 2.05) is 0 Å². The third kappa shape index (κ3) is 7.48. The fraction of sp³-hybridized carbons (Fsp3) is 1.00. The molecule has 4 saturated heterocycles. The average Bonchev–Trinajstić information content (AvgIpc) is 3.05. The van der Waals surface area contributed by atoms with E-state index in [1.165, 1.54) is 0 Å². The highest BCUT2D eigenvalue weighted by molar-refractivity contribution is 4.98. The Morgan fingerprint density at radius 2 is 0.761 bits per heavy atom. The van der Waals surface area contributed by atoms with Crippen molar-refractivity contribution in [3.8, 4) is 0 Å². The SMILES string of the molecule is OC[C@H]1O[C@H](O[C@H]2[C@H](OO)[C@@H](O)[C@@H](O[C@H]3[C@H](O)[C@@H](O)[C@@H](O[C@H]4[C@H](O)[C@@H](O)[C@@H](O)O[C@@H]4CO)O[C@@H]3CO)O[C@@H]2CO)[C@H](O)[C@@H](O)[C@@H]1O. The Labute approximate surface area is 259 Å². The van der Waals surface area contributed by atoms with Crippen molar-refractivity contribution in [1.29, 1.82) is 0 Å². The summed E-state index contributed by atoms with van der Waals surface area (Å²) in [5.41, 5.74) is 0. The average molecular weight is 683 g/mol. The molecule has 0 aliphatic carbocycles. The summed E-state index contributed by atoms with van der Waals surface area (Å²) >= 11 is 0. The molecule has 0 radical (unpaired) electrons. The van der Waals surface area contributed by atoms with Gasteiger partial charge in [-0.25, -0.2) is 4.89 Å². The Hall–Kier alpha value is -0.880. The first-order valence-electron chi connectivity index (χ1n) is 14.3. The summed E-state index contributed by atoms with van der Waals surface area (Å²) in [7, 11) is 0. The molecular weight excluding hydrogens is 640 g/mol. The van der Waals surface area contributed by atoms with Crippen LogP contribution < -0.4 is 0 Å². The molecule has 4 aliphatic rings. The zero-order valence-electron chi connectivity index (χ0n) is 23.9. The van der Waals surface area contributed by atoms with E-state index in [1.54, 1.807) is 0 Å². The molecule has 0 aromatic rings. The molecule has 0 aromatic carbocycles. The number of hydrogen-bond acceptors (Lipinski definition) is 22. The monoisotopic (exact) mass is 682 g/mol. The van der Waals surface area contributed by atoms with Crippen molar-refractivity contribution in [2.75, 3.05) is 26.4 Å². The minimum atomic E-state index is -2.03. The van der Waals surface area contributed by atoms with Crippen LogP contribution in [0.1, 0.15) is 0 Å². The third-order valence-electron chi connectivity index (χ3n) is 8.30. The first kappa shape index (κ1) is 37.9. The highest BCUT2D eigenvalue weighted by Crippen LogP contribution is 2.34. The molecule has 0 bridgehead atoms. The van der Waals surface area contributed by atoms with Crippen molar-refractivity contribution in [3.63, 3.8) is 0 Å². The van der Waals surface area contributed by atoms with E-state index < -0.39 is 149 Å². The Morgan fingerprint density at radius 3 is 1.26 bits per heavy atom. The third-order valence-corrected chi connectivity index (χ3v) is 8.30. The number of hydrogen-bond donors (Lipinski definition) is 14. The first-order valence-corrected chi connectivity index (χ1v) is 14.3. The first-order chi connectivity index (χ1) is 21.8. The number of aliphatic hydroxyl groups excluding tert-OH is 13.